The fraction of sp³-hybridized carbons (Fsp3) is 0.500. The Morgan fingerprint density at radius 3 is 1.00 bits per heavy atom. The van der Waals surface area contributed by atoms with E-state index in [1.807, 2.05) is 0 Å². The van der Waals surface area contributed by atoms with E-state index in [-0.39, 0.29) is 53.5 Å². The number of aliphatic carboxylic acids is 2. The molecule has 0 bridgehead atoms. The van der Waals surface area contributed by atoms with E-state index in [2.05, 4.69) is 0 Å². The summed E-state index contributed by atoms with van der Waals surface area (Å²) < 4.78 is 0. The molecule has 0 aromatic rings. The van der Waals surface area contributed by atoms with Gasteiger partial charge in [0, 0.05) is 11.9 Å². The third-order valence-corrected chi connectivity index (χ3v) is 0. The van der Waals surface area contributed by atoms with Crippen LogP contribution in [0.25, 0.3) is 0 Å². The van der Waals surface area contributed by atoms with Crippen LogP contribution in [0.2, 0.25) is 0 Å². The molecule has 0 aliphatic carbocycles. The SMILES string of the molecule is CC(=O)[O-].CC(=O)[O-].[IH2+].[Na+]. The minimum atomic E-state index is -1.08. The summed E-state index contributed by atoms with van der Waals surface area (Å²) in [5.41, 5.74) is 0. The van der Waals surface area contributed by atoms with Gasteiger partial charge in [-0.05, 0) is 13.8 Å². The maximum Gasteiger partial charge on any atom is 1.00 e. The second-order valence-corrected chi connectivity index (χ2v) is 0.983. The number of hydrogen-bond acceptors (Lipinski definition) is 4. The molecule has 0 rings (SSSR count). The normalized spacial score (nSPS) is 5.00. The average molecular weight is 270 g/mol. The Bertz CT molecular complexity index is 75.3. The monoisotopic (exact) mass is 270 g/mol. The molecule has 6 heteroatoms. The van der Waals surface area contributed by atoms with Crippen molar-refractivity contribution >= 4 is 11.9 Å². The molecule has 0 unspecified atom stereocenters. The van der Waals surface area contributed by atoms with Crippen LogP contribution in [0.4, 0.5) is 0 Å². The van der Waals surface area contributed by atoms with Crippen LogP contribution in [0.5, 0.6) is 0 Å². The summed E-state index contributed by atoms with van der Waals surface area (Å²) in [5.74, 6) is -2.17. The number of carboxylic acid groups (broad SMARTS) is 2. The zero-order chi connectivity index (χ0) is 7.15. The maximum atomic E-state index is 8.89. The molecule has 0 fully saturated rings. The van der Waals surface area contributed by atoms with Crippen LogP contribution in [-0.2, 0) is 9.59 Å². The molecule has 0 N–H and O–H groups in total. The van der Waals surface area contributed by atoms with E-state index < -0.39 is 11.9 Å². The van der Waals surface area contributed by atoms with E-state index in [0.717, 1.165) is 13.8 Å². The summed E-state index contributed by atoms with van der Waals surface area (Å²) in [7, 11) is 0. The van der Waals surface area contributed by atoms with Crippen molar-refractivity contribution in [1.82, 2.24) is 0 Å². The van der Waals surface area contributed by atoms with Gasteiger partial charge in [-0.2, -0.15) is 0 Å². The van der Waals surface area contributed by atoms with Crippen LogP contribution in [-0.4, -0.2) is 11.9 Å². The van der Waals surface area contributed by atoms with E-state index in [9.17, 15) is 0 Å². The summed E-state index contributed by atoms with van der Waals surface area (Å²) in [6.07, 6.45) is 0. The zero-order valence-electron chi connectivity index (χ0n) is 6.08. The smallest absolute Gasteiger partial charge is 0.550 e. The third kappa shape index (κ3) is 1140. The van der Waals surface area contributed by atoms with Crippen LogP contribution in [0.3, 0.4) is 0 Å². The third-order valence-electron chi connectivity index (χ3n) is 0. The van der Waals surface area contributed by atoms with Crippen LogP contribution in [0.1, 0.15) is 13.8 Å². The van der Waals surface area contributed by atoms with E-state index in [1.54, 1.807) is 0 Å². The van der Waals surface area contributed by atoms with Gasteiger partial charge in [-0.1, -0.05) is 0 Å². The van der Waals surface area contributed by atoms with Gasteiger partial charge in [0.05, 0.1) is 0 Å². The first-order chi connectivity index (χ1) is 3.46. The molecule has 0 radical (unpaired) electrons. The molecule has 0 aromatic carbocycles. The van der Waals surface area contributed by atoms with Crippen LogP contribution < -0.4 is 63.7 Å². The molecule has 0 spiro atoms. The second kappa shape index (κ2) is 16.3. The molecular formula is C4H8INaO4. The number of halogens is 1. The topological polar surface area (TPSA) is 80.3 Å². The maximum absolute atomic E-state index is 8.89. The molecule has 0 aliphatic heterocycles. The predicted octanol–water partition coefficient (Wildman–Crippen LogP) is -9.02. The molecule has 4 nitrogen and oxygen atoms in total. The standard InChI is InChI=1S/2C2H4O2.H2I.Na/c2*1-2(3)4;;/h2*1H3,(H,3,4);1H2;/q;;2*+1/p-2. The zero-order valence-corrected chi connectivity index (χ0v) is 10.6. The van der Waals surface area contributed by atoms with Gasteiger partial charge in [-0.3, -0.25) is 0 Å². The summed E-state index contributed by atoms with van der Waals surface area (Å²) in [6.45, 7) is 1.94. The van der Waals surface area contributed by atoms with Crippen molar-refractivity contribution in [2.45, 2.75) is 13.8 Å². The minimum Gasteiger partial charge on any atom is -0.550 e. The number of hydrogen-bond donors (Lipinski definition) is 0. The summed E-state index contributed by atoms with van der Waals surface area (Å²) in [4.78, 5) is 17.8. The average Bonchev–Trinajstić information content (AvgIpc) is 1.25. The van der Waals surface area contributed by atoms with Gasteiger partial charge in [0.2, 0.25) is 24.0 Å². The summed E-state index contributed by atoms with van der Waals surface area (Å²) in [5, 5.41) is 17.8. The Kier molecular flexibility index (Phi) is 36.6. The largest absolute Gasteiger partial charge is 1.00 e. The molecule has 0 amide bonds. The number of carboxylic acids is 2. The first-order valence-electron chi connectivity index (χ1n) is 1.82. The Balaban J connectivity index is -0.0000000300. The molecule has 0 aliphatic rings. The van der Waals surface area contributed by atoms with Crippen molar-refractivity contribution in [3.05, 3.63) is 0 Å². The van der Waals surface area contributed by atoms with Crippen molar-refractivity contribution in [2.75, 3.05) is 0 Å². The number of carbonyl (C=O) groups excluding carboxylic acids is 2. The van der Waals surface area contributed by atoms with Gasteiger partial charge >= 0.3 is 29.6 Å². The van der Waals surface area contributed by atoms with E-state index in [1.165, 1.54) is 0 Å². The molecule has 0 heterocycles. The van der Waals surface area contributed by atoms with Crippen molar-refractivity contribution < 1.29 is 73.3 Å². The van der Waals surface area contributed by atoms with Crippen LogP contribution >= 0.6 is 0 Å². The fourth-order valence-corrected chi connectivity index (χ4v) is 0. The van der Waals surface area contributed by atoms with Crippen molar-refractivity contribution in [2.24, 2.45) is 0 Å². The molecule has 10 heavy (non-hydrogen) atoms. The Morgan fingerprint density at radius 1 is 1.00 bits per heavy atom. The van der Waals surface area contributed by atoms with Gasteiger partial charge in [-0.15, -0.1) is 0 Å². The van der Waals surface area contributed by atoms with Crippen molar-refractivity contribution in [1.29, 1.82) is 0 Å². The number of carbonyl (C=O) groups is 2. The van der Waals surface area contributed by atoms with Gasteiger partial charge in [0.25, 0.3) is 0 Å². The number of rotatable bonds is 0. The van der Waals surface area contributed by atoms with E-state index >= 15 is 0 Å². The van der Waals surface area contributed by atoms with Crippen molar-refractivity contribution in [3.63, 3.8) is 0 Å². The quantitative estimate of drug-likeness (QED) is 0.323. The molecule has 56 valence electrons. The second-order valence-electron chi connectivity index (χ2n) is 0.983. The Morgan fingerprint density at radius 2 is 1.00 bits per heavy atom. The van der Waals surface area contributed by atoms with Crippen molar-refractivity contribution in [3.8, 4) is 0 Å². The fourth-order valence-electron chi connectivity index (χ4n) is 0. The Labute approximate surface area is 98.3 Å². The predicted molar refractivity (Wildman–Crippen MR) is 24.2 cm³/mol. The van der Waals surface area contributed by atoms with Gasteiger partial charge in [0.15, 0.2) is 0 Å². The van der Waals surface area contributed by atoms with Crippen LogP contribution in [0.15, 0.2) is 0 Å². The molecule has 0 saturated carbocycles. The van der Waals surface area contributed by atoms with Gasteiger partial charge in [-0.25, -0.2) is 0 Å². The molecule has 0 atom stereocenters. The molecule has 0 saturated heterocycles. The van der Waals surface area contributed by atoms with Gasteiger partial charge < -0.3 is 19.8 Å². The summed E-state index contributed by atoms with van der Waals surface area (Å²) in [6, 6.07) is 0. The van der Waals surface area contributed by atoms with E-state index in [4.69, 9.17) is 19.8 Å². The summed E-state index contributed by atoms with van der Waals surface area (Å²) >= 11 is 0. The van der Waals surface area contributed by atoms with E-state index in [0.29, 0.717) is 0 Å². The molecule has 0 aromatic heterocycles. The van der Waals surface area contributed by atoms with Crippen LogP contribution in [0, 0.1) is 0 Å². The minimum absolute atomic E-state index is 0. The first-order valence-corrected chi connectivity index (χ1v) is 1.82. The first kappa shape index (κ1) is 22.4. The Hall–Kier alpha value is 0.670. The van der Waals surface area contributed by atoms with Gasteiger partial charge in [0.1, 0.15) is 0 Å². The molecular weight excluding hydrogens is 262 g/mol.